The fraction of sp³-hybridized carbons (Fsp3) is 0.643. The van der Waals surface area contributed by atoms with Crippen LogP contribution in [0.3, 0.4) is 0 Å². The maximum Gasteiger partial charge on any atom is 0.427 e. The molecule has 1 aromatic heterocycles. The number of sulfonamides is 1. The van der Waals surface area contributed by atoms with Gasteiger partial charge in [0, 0.05) is 30.2 Å². The van der Waals surface area contributed by atoms with Crippen molar-refractivity contribution < 1.29 is 64.5 Å². The summed E-state index contributed by atoms with van der Waals surface area (Å²) in [4.78, 5) is 62.3. The summed E-state index contributed by atoms with van der Waals surface area (Å²) in [6.07, 6.45) is -0.0971. The molecule has 4 aliphatic rings. The summed E-state index contributed by atoms with van der Waals surface area (Å²) in [6, 6.07) is 2.31. The molecule has 3 fully saturated rings. The summed E-state index contributed by atoms with van der Waals surface area (Å²) in [6.45, 7) is 6.79. The first-order chi connectivity index (χ1) is 29.0. The number of rotatable bonds is 12. The number of carbonyl (C=O) groups is 4. The van der Waals surface area contributed by atoms with Crippen LogP contribution in [0.1, 0.15) is 79.6 Å². The molecular formula is C42H56F3N5O11S. The summed E-state index contributed by atoms with van der Waals surface area (Å²) in [7, 11) is -1.05. The number of nitrogens with zero attached hydrogens (tertiary/aromatic N) is 2. The molecule has 7 atom stereocenters. The molecule has 0 radical (unpaired) electrons. The maximum atomic E-state index is 14.9. The van der Waals surface area contributed by atoms with Crippen LogP contribution in [0, 0.1) is 17.8 Å². The number of carbonyl (C=O) groups excluding carboxylic acids is 4. The van der Waals surface area contributed by atoms with Crippen molar-refractivity contribution in [2.45, 2.75) is 120 Å². The second kappa shape index (κ2) is 17.7. The molecule has 4 amide bonds. The molecule has 2 aliphatic carbocycles. The Kier molecular flexibility index (Phi) is 13.3. The van der Waals surface area contributed by atoms with E-state index in [9.17, 15) is 40.8 Å². The molecular weight excluding hydrogens is 840 g/mol. The van der Waals surface area contributed by atoms with Gasteiger partial charge in [-0.15, -0.1) is 0 Å². The molecule has 342 valence electrons. The average molecular weight is 896 g/mol. The van der Waals surface area contributed by atoms with Crippen LogP contribution in [-0.4, -0.2) is 116 Å². The van der Waals surface area contributed by atoms with E-state index in [1.54, 1.807) is 31.2 Å². The Balaban J connectivity index is 1.36. The molecule has 6 rings (SSSR count). The summed E-state index contributed by atoms with van der Waals surface area (Å²) in [5.74, 6) is -2.74. The molecule has 3 N–H and O–H groups in total. The minimum atomic E-state index is -4.93. The summed E-state index contributed by atoms with van der Waals surface area (Å²) in [5.41, 5.74) is -4.57. The second-order valence-corrected chi connectivity index (χ2v) is 19.9. The summed E-state index contributed by atoms with van der Waals surface area (Å²) in [5, 5.41) is 6.27. The first kappa shape index (κ1) is 46.6. The molecule has 62 heavy (non-hydrogen) atoms. The van der Waals surface area contributed by atoms with Gasteiger partial charge in [0.25, 0.3) is 5.91 Å². The number of pyridine rings is 1. The number of benzene rings is 1. The molecule has 0 bridgehead atoms. The van der Waals surface area contributed by atoms with Crippen LogP contribution >= 0.6 is 0 Å². The van der Waals surface area contributed by atoms with Crippen LogP contribution in [0.5, 0.6) is 17.4 Å². The number of methoxy groups -OCH3 is 2. The van der Waals surface area contributed by atoms with E-state index in [2.05, 4.69) is 20.3 Å². The van der Waals surface area contributed by atoms with Crippen LogP contribution in [-0.2, 0) is 33.9 Å². The number of ether oxygens (including phenoxy) is 5. The highest BCUT2D eigenvalue weighted by molar-refractivity contribution is 7.91. The Bertz CT molecular complexity index is 2180. The van der Waals surface area contributed by atoms with Crippen LogP contribution in [0.2, 0.25) is 0 Å². The van der Waals surface area contributed by atoms with E-state index < -0.39 is 85.9 Å². The van der Waals surface area contributed by atoms with E-state index in [1.807, 2.05) is 13.0 Å². The van der Waals surface area contributed by atoms with Gasteiger partial charge in [-0.2, -0.15) is 13.2 Å². The Labute approximate surface area is 359 Å². The van der Waals surface area contributed by atoms with E-state index in [-0.39, 0.29) is 37.8 Å². The van der Waals surface area contributed by atoms with E-state index in [1.165, 1.54) is 32.2 Å². The van der Waals surface area contributed by atoms with Crippen LogP contribution in [0.25, 0.3) is 10.8 Å². The smallest absolute Gasteiger partial charge is 0.427 e. The third-order valence-electron chi connectivity index (χ3n) is 12.4. The maximum absolute atomic E-state index is 14.9. The molecule has 2 aromatic rings. The van der Waals surface area contributed by atoms with Crippen molar-refractivity contribution in [1.29, 1.82) is 0 Å². The van der Waals surface area contributed by atoms with Crippen molar-refractivity contribution in [3.8, 4) is 17.4 Å². The molecule has 1 saturated heterocycles. The van der Waals surface area contributed by atoms with Gasteiger partial charge in [-0.1, -0.05) is 26.0 Å². The number of alkyl carbamates (subject to hydrolysis) is 1. The lowest BCUT2D eigenvalue weighted by Crippen LogP contribution is -2.59. The zero-order valence-corrected chi connectivity index (χ0v) is 36.7. The molecule has 2 saturated carbocycles. The minimum Gasteiger partial charge on any atom is -0.497 e. The molecule has 1 aromatic carbocycles. The Morgan fingerprint density at radius 3 is 2.45 bits per heavy atom. The monoisotopic (exact) mass is 895 g/mol. The highest BCUT2D eigenvalue weighted by Crippen LogP contribution is 2.48. The second-order valence-electron chi connectivity index (χ2n) is 17.7. The first-order valence-electron chi connectivity index (χ1n) is 20.7. The number of halogens is 3. The van der Waals surface area contributed by atoms with E-state index in [0.29, 0.717) is 74.8 Å². The van der Waals surface area contributed by atoms with E-state index >= 15 is 0 Å². The van der Waals surface area contributed by atoms with Gasteiger partial charge in [0.05, 0.1) is 31.2 Å². The van der Waals surface area contributed by atoms with Crippen molar-refractivity contribution in [2.24, 2.45) is 17.8 Å². The van der Waals surface area contributed by atoms with Gasteiger partial charge in [-0.3, -0.25) is 19.1 Å². The molecule has 16 nitrogen and oxygen atoms in total. The van der Waals surface area contributed by atoms with Crippen LogP contribution < -0.4 is 29.6 Å². The number of amides is 4. The van der Waals surface area contributed by atoms with Gasteiger partial charge in [0.1, 0.15) is 41.8 Å². The molecule has 1 unspecified atom stereocenters. The van der Waals surface area contributed by atoms with Crippen molar-refractivity contribution in [3.05, 3.63) is 36.5 Å². The summed E-state index contributed by atoms with van der Waals surface area (Å²) >= 11 is 0. The quantitative estimate of drug-likeness (QED) is 0.192. The van der Waals surface area contributed by atoms with Gasteiger partial charge in [-0.25, -0.2) is 18.2 Å². The number of fused-ring (bicyclic) bond motifs is 3. The van der Waals surface area contributed by atoms with Gasteiger partial charge >= 0.3 is 12.3 Å². The van der Waals surface area contributed by atoms with E-state index in [4.69, 9.17) is 23.7 Å². The molecule has 20 heteroatoms. The van der Waals surface area contributed by atoms with Gasteiger partial charge in [0.2, 0.25) is 33.3 Å². The lowest BCUT2D eigenvalue weighted by Gasteiger charge is -2.34. The SMILES string of the molecule is COCCOc1cnc(O[C@@H]2C[C@H]3C(=O)N[C@]4(C(=O)NS(=O)(=O)C5(C)CC5)CC4/C=C\CC[C@@H](C)C[C@@H](C)[C@H](NC(=O)OC(C)(C)C(F)(F)F)C(=O)N3C2)c2ccc(OC)cc12. The zero-order valence-electron chi connectivity index (χ0n) is 35.9. The number of allylic oxidation sites excluding steroid dienone is 1. The molecule has 0 spiro atoms. The van der Waals surface area contributed by atoms with Crippen LogP contribution in [0.4, 0.5) is 18.0 Å². The molecule has 2 aliphatic heterocycles. The van der Waals surface area contributed by atoms with Gasteiger partial charge in [-0.05, 0) is 89.3 Å². The van der Waals surface area contributed by atoms with Crippen molar-refractivity contribution in [2.75, 3.05) is 34.0 Å². The third-order valence-corrected chi connectivity index (χ3v) is 14.6. The number of hydrogen-bond acceptors (Lipinski definition) is 12. The number of hydrogen-bond donors (Lipinski definition) is 3. The number of nitrogens with one attached hydrogen (secondary N) is 3. The van der Waals surface area contributed by atoms with Crippen LogP contribution in [0.15, 0.2) is 36.5 Å². The normalized spacial score (nSPS) is 28.3. The lowest BCUT2D eigenvalue weighted by molar-refractivity contribution is -0.244. The number of alkyl halides is 3. The standard InChI is InChI=1S/C42H56F3N5O11S/c1-24-10-8-9-11-26-21-41(26,37(53)49-62(55,56)40(5)14-15-40)48-34(51)31-20-28(60-35-29-13-12-27(58-7)19-30(29)32(22-46-35)59-17-16-57-6)23-50(31)36(52)33(25(2)18-24)47-38(54)61-39(3,4)42(43,44)45/h9,11-13,19,22,24-26,28,31,33H,8,10,14-18,20-21,23H2,1-7H3,(H,47,54)(H,48,51)(H,49,53)/b11-9-/t24-,25-,26?,28-,31+,33+,41-/m1/s1. The van der Waals surface area contributed by atoms with Crippen molar-refractivity contribution in [1.82, 2.24) is 25.2 Å². The topological polar surface area (TPSA) is 201 Å². The van der Waals surface area contributed by atoms with Gasteiger partial charge < -0.3 is 39.2 Å². The number of aromatic nitrogens is 1. The Morgan fingerprint density at radius 2 is 1.79 bits per heavy atom. The summed E-state index contributed by atoms with van der Waals surface area (Å²) < 4.78 is 96.7. The predicted molar refractivity (Wildman–Crippen MR) is 219 cm³/mol. The Morgan fingerprint density at radius 1 is 1.06 bits per heavy atom. The van der Waals surface area contributed by atoms with Crippen molar-refractivity contribution in [3.63, 3.8) is 0 Å². The highest BCUT2D eigenvalue weighted by atomic mass is 32.2. The lowest BCUT2D eigenvalue weighted by atomic mass is 9.88. The average Bonchev–Trinajstić information content (AvgIpc) is 4.08. The largest absolute Gasteiger partial charge is 0.497 e. The fourth-order valence-corrected chi connectivity index (χ4v) is 9.25. The fourth-order valence-electron chi connectivity index (χ4n) is 7.94. The first-order valence-corrected chi connectivity index (χ1v) is 22.2. The Hall–Kier alpha value is -4.85. The minimum absolute atomic E-state index is 0.0548. The zero-order chi connectivity index (χ0) is 45.4. The predicted octanol–water partition coefficient (Wildman–Crippen LogP) is 4.94. The van der Waals surface area contributed by atoms with Gasteiger partial charge in [0.15, 0.2) is 0 Å². The third kappa shape index (κ3) is 9.85. The van der Waals surface area contributed by atoms with Crippen molar-refractivity contribution >= 4 is 44.6 Å². The molecule has 3 heterocycles. The van der Waals surface area contributed by atoms with E-state index in [0.717, 1.165) is 0 Å². The highest BCUT2D eigenvalue weighted by Gasteiger charge is 2.63.